The zero-order chi connectivity index (χ0) is 21.3. The molecule has 1 amide bonds. The number of halogens is 1. The van der Waals surface area contributed by atoms with Crippen LogP contribution in [0.1, 0.15) is 18.4 Å². The standard InChI is InChI=1S/C20H18FN5O2S2/c1-12-15(8-9-28-12)18-23-24-20(25(18)3)30-11-14-10-29-19(22-14)26(13(2)27)17-7-5-4-6-16(17)21/h4-10H,11H2,1-3H3. The maximum absolute atomic E-state index is 14.2. The van der Waals surface area contributed by atoms with E-state index in [2.05, 4.69) is 15.2 Å². The van der Waals surface area contributed by atoms with Crippen LogP contribution in [0.2, 0.25) is 0 Å². The van der Waals surface area contributed by atoms with Crippen molar-refractivity contribution in [3.63, 3.8) is 0 Å². The van der Waals surface area contributed by atoms with E-state index in [0.29, 0.717) is 10.9 Å². The van der Waals surface area contributed by atoms with Crippen molar-refractivity contribution in [2.45, 2.75) is 24.8 Å². The first kappa shape index (κ1) is 20.3. The second kappa shape index (κ2) is 8.41. The summed E-state index contributed by atoms with van der Waals surface area (Å²) in [6.45, 7) is 3.27. The fourth-order valence-corrected chi connectivity index (χ4v) is 4.73. The molecule has 3 heterocycles. The molecule has 0 bridgehead atoms. The van der Waals surface area contributed by atoms with Crippen LogP contribution in [0.15, 0.2) is 51.5 Å². The molecule has 0 radical (unpaired) electrons. The molecule has 30 heavy (non-hydrogen) atoms. The normalized spacial score (nSPS) is 11.1. The number of rotatable bonds is 6. The van der Waals surface area contributed by atoms with Crippen molar-refractivity contribution < 1.29 is 13.6 Å². The van der Waals surface area contributed by atoms with E-state index in [1.54, 1.807) is 24.5 Å². The smallest absolute Gasteiger partial charge is 0.230 e. The van der Waals surface area contributed by atoms with Crippen LogP contribution >= 0.6 is 23.1 Å². The zero-order valence-corrected chi connectivity index (χ0v) is 18.1. The van der Waals surface area contributed by atoms with Crippen LogP contribution in [-0.2, 0) is 17.6 Å². The van der Waals surface area contributed by atoms with Gasteiger partial charge in [0, 0.05) is 25.1 Å². The summed E-state index contributed by atoms with van der Waals surface area (Å²) in [6.07, 6.45) is 1.62. The number of nitrogens with zero attached hydrogens (tertiary/aromatic N) is 5. The number of anilines is 2. The number of carbonyl (C=O) groups is 1. The van der Waals surface area contributed by atoms with Crippen LogP contribution < -0.4 is 4.90 Å². The van der Waals surface area contributed by atoms with Gasteiger partial charge >= 0.3 is 0 Å². The van der Waals surface area contributed by atoms with E-state index < -0.39 is 5.82 Å². The lowest BCUT2D eigenvalue weighted by molar-refractivity contribution is -0.115. The number of aryl methyl sites for hydroxylation is 1. The minimum Gasteiger partial charge on any atom is -0.469 e. The van der Waals surface area contributed by atoms with Gasteiger partial charge in [-0.15, -0.1) is 21.5 Å². The van der Waals surface area contributed by atoms with Gasteiger partial charge in [0.2, 0.25) is 5.91 Å². The number of thioether (sulfide) groups is 1. The second-order valence-electron chi connectivity index (χ2n) is 6.47. The summed E-state index contributed by atoms with van der Waals surface area (Å²) in [4.78, 5) is 18.0. The van der Waals surface area contributed by atoms with Gasteiger partial charge in [0.15, 0.2) is 16.1 Å². The zero-order valence-electron chi connectivity index (χ0n) is 16.5. The number of thiazole rings is 1. The summed E-state index contributed by atoms with van der Waals surface area (Å²) >= 11 is 2.77. The Morgan fingerprint density at radius 2 is 2.10 bits per heavy atom. The highest BCUT2D eigenvalue weighted by Crippen LogP contribution is 2.33. The molecule has 10 heteroatoms. The molecule has 0 saturated heterocycles. The Balaban J connectivity index is 1.52. The van der Waals surface area contributed by atoms with Crippen LogP contribution in [0.3, 0.4) is 0 Å². The number of carbonyl (C=O) groups excluding carboxylic acids is 1. The molecule has 3 aromatic heterocycles. The molecule has 0 aliphatic heterocycles. The Labute approximate surface area is 180 Å². The van der Waals surface area contributed by atoms with Gasteiger partial charge in [0.05, 0.1) is 23.2 Å². The second-order valence-corrected chi connectivity index (χ2v) is 8.25. The molecule has 0 aliphatic rings. The third-order valence-electron chi connectivity index (χ3n) is 4.42. The van der Waals surface area contributed by atoms with Crippen molar-refractivity contribution in [3.8, 4) is 11.4 Å². The maximum Gasteiger partial charge on any atom is 0.230 e. The van der Waals surface area contributed by atoms with Gasteiger partial charge in [-0.05, 0) is 25.1 Å². The third kappa shape index (κ3) is 3.88. The van der Waals surface area contributed by atoms with Crippen molar-refractivity contribution in [2.24, 2.45) is 7.05 Å². The Hall–Kier alpha value is -2.98. The summed E-state index contributed by atoms with van der Waals surface area (Å²) in [5.41, 5.74) is 1.85. The van der Waals surface area contributed by atoms with Gasteiger partial charge in [-0.25, -0.2) is 9.37 Å². The van der Waals surface area contributed by atoms with Crippen LogP contribution in [-0.4, -0.2) is 25.7 Å². The molecule has 0 N–H and O–H groups in total. The molecular formula is C20H18FN5O2S2. The first-order valence-electron chi connectivity index (χ1n) is 9.02. The van der Waals surface area contributed by atoms with Crippen LogP contribution in [0.25, 0.3) is 11.4 Å². The topological polar surface area (TPSA) is 77.1 Å². The molecule has 7 nitrogen and oxygen atoms in total. The summed E-state index contributed by atoms with van der Waals surface area (Å²) in [6, 6.07) is 8.02. The quantitative estimate of drug-likeness (QED) is 0.392. The van der Waals surface area contributed by atoms with Crippen LogP contribution in [0.5, 0.6) is 0 Å². The molecule has 0 spiro atoms. The Bertz CT molecular complexity index is 1200. The lowest BCUT2D eigenvalue weighted by atomic mass is 10.2. The van der Waals surface area contributed by atoms with Crippen molar-refractivity contribution in [3.05, 3.63) is 59.2 Å². The molecule has 1 aromatic carbocycles. The summed E-state index contributed by atoms with van der Waals surface area (Å²) in [5.74, 6) is 1.27. The third-order valence-corrected chi connectivity index (χ3v) is 6.35. The lowest BCUT2D eigenvalue weighted by Gasteiger charge is -2.18. The van der Waals surface area contributed by atoms with Crippen molar-refractivity contribution in [1.29, 1.82) is 0 Å². The molecule has 0 fully saturated rings. The Morgan fingerprint density at radius 1 is 1.30 bits per heavy atom. The van der Waals surface area contributed by atoms with Crippen molar-refractivity contribution in [1.82, 2.24) is 19.7 Å². The summed E-state index contributed by atoms with van der Waals surface area (Å²) < 4.78 is 21.5. The highest BCUT2D eigenvalue weighted by molar-refractivity contribution is 7.98. The SMILES string of the molecule is CC(=O)N(c1nc(CSc2nnc(-c3ccoc3C)n2C)cs1)c1ccccc1F. The van der Waals surface area contributed by atoms with Gasteiger partial charge in [-0.2, -0.15) is 0 Å². The number of aromatic nitrogens is 4. The first-order valence-corrected chi connectivity index (χ1v) is 10.9. The summed E-state index contributed by atoms with van der Waals surface area (Å²) in [7, 11) is 1.90. The largest absolute Gasteiger partial charge is 0.469 e. The molecule has 0 aliphatic carbocycles. The van der Waals surface area contributed by atoms with E-state index in [4.69, 9.17) is 4.42 Å². The number of para-hydroxylation sites is 1. The highest BCUT2D eigenvalue weighted by atomic mass is 32.2. The number of furan rings is 1. The highest BCUT2D eigenvalue weighted by Gasteiger charge is 2.21. The molecule has 154 valence electrons. The maximum atomic E-state index is 14.2. The fraction of sp³-hybridized carbons (Fsp3) is 0.200. The van der Waals surface area contributed by atoms with Crippen molar-refractivity contribution >= 4 is 39.8 Å². The Morgan fingerprint density at radius 3 is 2.80 bits per heavy atom. The van der Waals surface area contributed by atoms with Crippen LogP contribution in [0.4, 0.5) is 15.2 Å². The van der Waals surface area contributed by atoms with Crippen molar-refractivity contribution in [2.75, 3.05) is 4.90 Å². The van der Waals surface area contributed by atoms with E-state index in [9.17, 15) is 9.18 Å². The average molecular weight is 444 g/mol. The number of benzene rings is 1. The molecule has 0 atom stereocenters. The van der Waals surface area contributed by atoms with E-state index >= 15 is 0 Å². The first-order chi connectivity index (χ1) is 14.5. The van der Waals surface area contributed by atoms with Gasteiger partial charge in [-0.1, -0.05) is 23.9 Å². The molecule has 0 unspecified atom stereocenters. The van der Waals surface area contributed by atoms with Gasteiger partial charge in [-0.3, -0.25) is 9.69 Å². The minimum absolute atomic E-state index is 0.187. The average Bonchev–Trinajstić information content (AvgIpc) is 3.43. The van der Waals surface area contributed by atoms with E-state index in [-0.39, 0.29) is 11.6 Å². The summed E-state index contributed by atoms with van der Waals surface area (Å²) in [5, 5.41) is 11.5. The van der Waals surface area contributed by atoms with Crippen LogP contribution in [0, 0.1) is 12.7 Å². The molecule has 0 saturated carbocycles. The number of amides is 1. The lowest BCUT2D eigenvalue weighted by Crippen LogP contribution is -2.23. The van der Waals surface area contributed by atoms with Gasteiger partial charge in [0.25, 0.3) is 0 Å². The van der Waals surface area contributed by atoms with Gasteiger partial charge in [0.1, 0.15) is 11.6 Å². The van der Waals surface area contributed by atoms with Gasteiger partial charge < -0.3 is 8.98 Å². The van der Waals surface area contributed by atoms with E-state index in [1.807, 2.05) is 30.0 Å². The minimum atomic E-state index is -0.472. The number of hydrogen-bond acceptors (Lipinski definition) is 7. The van der Waals surface area contributed by atoms with E-state index in [0.717, 1.165) is 28.0 Å². The molecule has 4 aromatic rings. The predicted molar refractivity (Wildman–Crippen MR) is 114 cm³/mol. The molecular weight excluding hydrogens is 425 g/mol. The molecule has 4 rings (SSSR count). The predicted octanol–water partition coefficient (Wildman–Crippen LogP) is 4.96. The van der Waals surface area contributed by atoms with E-state index in [1.165, 1.54) is 41.0 Å². The number of hydrogen-bond donors (Lipinski definition) is 0. The fourth-order valence-electron chi connectivity index (χ4n) is 2.94. The Kier molecular flexibility index (Phi) is 5.69. The monoisotopic (exact) mass is 443 g/mol.